The molecule has 1 aliphatic heterocycles. The topological polar surface area (TPSA) is 88.2 Å². The van der Waals surface area contributed by atoms with Gasteiger partial charge in [0.1, 0.15) is 18.8 Å². The number of rotatable bonds is 6. The average Bonchev–Trinajstić information content (AvgIpc) is 2.90. The molecule has 0 aromatic heterocycles. The smallest absolute Gasteiger partial charge is 0.410 e. The quantitative estimate of drug-likeness (QED) is 0.506. The van der Waals surface area contributed by atoms with E-state index in [2.05, 4.69) is 5.32 Å². The number of hydrogen-bond donors (Lipinski definition) is 1. The lowest BCUT2D eigenvalue weighted by atomic mass is 9.67. The first-order chi connectivity index (χ1) is 18.5. The van der Waals surface area contributed by atoms with Crippen LogP contribution < -0.4 is 5.32 Å². The molecule has 1 saturated heterocycles. The minimum atomic E-state index is -0.582. The fraction of sp³-hybridized carbons (Fsp3) is 0.500. The summed E-state index contributed by atoms with van der Waals surface area (Å²) in [6.07, 6.45) is 2.21. The van der Waals surface area contributed by atoms with Crippen LogP contribution in [0.25, 0.3) is 0 Å². The third kappa shape index (κ3) is 7.66. The van der Waals surface area contributed by atoms with Crippen LogP contribution in [0.3, 0.4) is 0 Å². The van der Waals surface area contributed by atoms with Gasteiger partial charge in [0.25, 0.3) is 0 Å². The van der Waals surface area contributed by atoms with Gasteiger partial charge >= 0.3 is 12.2 Å². The van der Waals surface area contributed by atoms with Crippen LogP contribution >= 0.6 is 11.6 Å². The minimum absolute atomic E-state index is 0.0176. The standard InChI is InChI=1S/C30H38ClN3O5/c1-29(2,3)39-27(36)32-21-30(23-10-7-11-24(31)18-23)14-12-25(13-15-30)34-17-16-33(19-26(34)35)28(37)38-20-22-8-5-4-6-9-22/h4-11,18,25H,12-17,19-21H2,1-3H3,(H,32,36)/t25-,30-. The molecule has 4 rings (SSSR count). The fourth-order valence-corrected chi connectivity index (χ4v) is 5.64. The molecular weight excluding hydrogens is 518 g/mol. The van der Waals surface area contributed by atoms with Crippen LogP contribution in [-0.4, -0.2) is 65.7 Å². The summed E-state index contributed by atoms with van der Waals surface area (Å²) in [7, 11) is 0. The Kier molecular flexibility index (Phi) is 9.05. The monoisotopic (exact) mass is 555 g/mol. The number of benzene rings is 2. The van der Waals surface area contributed by atoms with Crippen molar-refractivity contribution in [3.05, 3.63) is 70.7 Å². The molecule has 8 nitrogen and oxygen atoms in total. The Hall–Kier alpha value is -3.26. The molecule has 2 aromatic rings. The first kappa shape index (κ1) is 28.7. The van der Waals surface area contributed by atoms with Crippen molar-refractivity contribution in [1.82, 2.24) is 15.1 Å². The van der Waals surface area contributed by atoms with Crippen LogP contribution in [-0.2, 0) is 26.3 Å². The zero-order valence-corrected chi connectivity index (χ0v) is 23.7. The number of carbonyl (C=O) groups excluding carboxylic acids is 3. The van der Waals surface area contributed by atoms with Crippen LogP contribution in [0, 0.1) is 0 Å². The molecule has 1 aliphatic carbocycles. The van der Waals surface area contributed by atoms with E-state index in [-0.39, 0.29) is 30.5 Å². The highest BCUT2D eigenvalue weighted by atomic mass is 35.5. The second-order valence-corrected chi connectivity index (χ2v) is 11.9. The summed E-state index contributed by atoms with van der Waals surface area (Å²) in [6, 6.07) is 17.3. The lowest BCUT2D eigenvalue weighted by molar-refractivity contribution is -0.139. The lowest BCUT2D eigenvalue weighted by Gasteiger charge is -2.46. The van der Waals surface area contributed by atoms with E-state index in [1.54, 1.807) is 0 Å². The van der Waals surface area contributed by atoms with Gasteiger partial charge in [0.2, 0.25) is 5.91 Å². The van der Waals surface area contributed by atoms with E-state index in [0.717, 1.165) is 36.8 Å². The fourth-order valence-electron chi connectivity index (χ4n) is 5.45. The highest BCUT2D eigenvalue weighted by Crippen LogP contribution is 2.41. The Morgan fingerprint density at radius 3 is 2.41 bits per heavy atom. The minimum Gasteiger partial charge on any atom is -0.445 e. The molecule has 0 bridgehead atoms. The third-order valence-electron chi connectivity index (χ3n) is 7.48. The van der Waals surface area contributed by atoms with Crippen LogP contribution in [0.5, 0.6) is 0 Å². The molecule has 0 atom stereocenters. The number of piperazine rings is 1. The Balaban J connectivity index is 1.35. The molecule has 9 heteroatoms. The predicted molar refractivity (Wildman–Crippen MR) is 150 cm³/mol. The first-order valence-electron chi connectivity index (χ1n) is 13.5. The number of nitrogens with one attached hydrogen (secondary N) is 1. The van der Waals surface area contributed by atoms with E-state index in [4.69, 9.17) is 21.1 Å². The van der Waals surface area contributed by atoms with Crippen molar-refractivity contribution in [2.75, 3.05) is 26.2 Å². The molecule has 210 valence electrons. The third-order valence-corrected chi connectivity index (χ3v) is 7.72. The van der Waals surface area contributed by atoms with Crippen LogP contribution in [0.4, 0.5) is 9.59 Å². The summed E-state index contributed by atoms with van der Waals surface area (Å²) < 4.78 is 10.9. The molecule has 0 radical (unpaired) electrons. The van der Waals surface area contributed by atoms with E-state index in [9.17, 15) is 14.4 Å². The van der Waals surface area contributed by atoms with Gasteiger partial charge in [-0.1, -0.05) is 54.1 Å². The van der Waals surface area contributed by atoms with E-state index in [1.807, 2.05) is 80.3 Å². The van der Waals surface area contributed by atoms with Crippen molar-refractivity contribution < 1.29 is 23.9 Å². The lowest BCUT2D eigenvalue weighted by Crippen LogP contribution is -2.57. The second-order valence-electron chi connectivity index (χ2n) is 11.4. The second kappa shape index (κ2) is 12.3. The highest BCUT2D eigenvalue weighted by Gasteiger charge is 2.41. The Morgan fingerprint density at radius 2 is 1.77 bits per heavy atom. The van der Waals surface area contributed by atoms with Crippen LogP contribution in [0.1, 0.15) is 57.6 Å². The molecule has 0 unspecified atom stereocenters. The van der Waals surface area contributed by atoms with E-state index in [0.29, 0.717) is 24.7 Å². The average molecular weight is 556 g/mol. The molecule has 39 heavy (non-hydrogen) atoms. The maximum absolute atomic E-state index is 13.1. The zero-order valence-electron chi connectivity index (χ0n) is 23.0. The van der Waals surface area contributed by atoms with Gasteiger partial charge in [-0.3, -0.25) is 9.69 Å². The molecular formula is C30H38ClN3O5. The van der Waals surface area contributed by atoms with Crippen LogP contribution in [0.15, 0.2) is 54.6 Å². The van der Waals surface area contributed by atoms with E-state index in [1.165, 1.54) is 4.90 Å². The summed E-state index contributed by atoms with van der Waals surface area (Å²) in [5, 5.41) is 3.62. The van der Waals surface area contributed by atoms with Crippen molar-refractivity contribution in [1.29, 1.82) is 0 Å². The van der Waals surface area contributed by atoms with Crippen molar-refractivity contribution in [2.24, 2.45) is 0 Å². The number of nitrogens with zero attached hydrogens (tertiary/aromatic N) is 2. The summed E-state index contributed by atoms with van der Waals surface area (Å²) in [5.74, 6) is -0.0648. The number of ether oxygens (including phenoxy) is 2. The summed E-state index contributed by atoms with van der Waals surface area (Å²) >= 11 is 6.33. The predicted octanol–water partition coefficient (Wildman–Crippen LogP) is 5.53. The molecule has 1 N–H and O–H groups in total. The number of alkyl carbamates (subject to hydrolysis) is 1. The number of halogens is 1. The summed E-state index contributed by atoms with van der Waals surface area (Å²) in [4.78, 5) is 41.5. The van der Waals surface area contributed by atoms with Crippen molar-refractivity contribution >= 4 is 29.7 Å². The molecule has 0 spiro atoms. The maximum atomic E-state index is 13.1. The van der Waals surface area contributed by atoms with Crippen molar-refractivity contribution in [3.8, 4) is 0 Å². The Morgan fingerprint density at radius 1 is 1.05 bits per heavy atom. The van der Waals surface area contributed by atoms with E-state index < -0.39 is 17.8 Å². The summed E-state index contributed by atoms with van der Waals surface area (Å²) in [5.41, 5.74) is 1.08. The number of amides is 3. The zero-order chi connectivity index (χ0) is 28.0. The molecule has 2 aliphatic rings. The molecule has 1 saturated carbocycles. The van der Waals surface area contributed by atoms with Gasteiger partial charge in [-0.15, -0.1) is 0 Å². The Labute approximate surface area is 235 Å². The van der Waals surface area contributed by atoms with Gasteiger partial charge in [-0.25, -0.2) is 9.59 Å². The van der Waals surface area contributed by atoms with Crippen molar-refractivity contribution in [3.63, 3.8) is 0 Å². The van der Waals surface area contributed by atoms with Gasteiger partial charge in [0, 0.05) is 36.1 Å². The summed E-state index contributed by atoms with van der Waals surface area (Å²) in [6.45, 7) is 7.05. The highest BCUT2D eigenvalue weighted by molar-refractivity contribution is 6.30. The number of hydrogen-bond acceptors (Lipinski definition) is 5. The van der Waals surface area contributed by atoms with Gasteiger partial charge in [0.05, 0.1) is 0 Å². The first-order valence-corrected chi connectivity index (χ1v) is 13.9. The molecule has 1 heterocycles. The van der Waals surface area contributed by atoms with Gasteiger partial charge < -0.3 is 19.7 Å². The van der Waals surface area contributed by atoms with Gasteiger partial charge in [0.15, 0.2) is 0 Å². The van der Waals surface area contributed by atoms with E-state index >= 15 is 0 Å². The van der Waals surface area contributed by atoms with Gasteiger partial charge in [-0.05, 0) is 69.7 Å². The molecule has 3 amide bonds. The molecule has 2 fully saturated rings. The normalized spacial score (nSPS) is 21.8. The van der Waals surface area contributed by atoms with Crippen LogP contribution in [0.2, 0.25) is 5.02 Å². The van der Waals surface area contributed by atoms with Gasteiger partial charge in [-0.2, -0.15) is 0 Å². The van der Waals surface area contributed by atoms with Crippen molar-refractivity contribution in [2.45, 2.75) is 70.1 Å². The molecule has 2 aromatic carbocycles. The Bertz CT molecular complexity index is 1160. The maximum Gasteiger partial charge on any atom is 0.410 e. The largest absolute Gasteiger partial charge is 0.445 e. The number of carbonyl (C=O) groups is 3. The SMILES string of the molecule is CC(C)(C)OC(=O)NC[C@]1(c2cccc(Cl)c2)CC[C@H](N2CCN(C(=O)OCc3ccccc3)CC2=O)CC1.